The van der Waals surface area contributed by atoms with Gasteiger partial charge in [0.25, 0.3) is 0 Å². The third kappa shape index (κ3) is 13.4. The largest absolute Gasteiger partial charge is 0.478 e. The molecule has 0 unspecified atom stereocenters. The number of hydrogen-bond acceptors (Lipinski definition) is 8. The van der Waals surface area contributed by atoms with Gasteiger partial charge in [-0.3, -0.25) is 9.59 Å². The number of benzene rings is 2. The van der Waals surface area contributed by atoms with Gasteiger partial charge in [-0.25, -0.2) is 24.0 Å². The number of carbonyl (C=O) groups excluding carboxylic acids is 3. The van der Waals surface area contributed by atoms with Crippen LogP contribution in [-0.2, 0) is 32.2 Å². The number of rotatable bonds is 11. The van der Waals surface area contributed by atoms with Crippen molar-refractivity contribution in [2.24, 2.45) is 9.98 Å². The summed E-state index contributed by atoms with van der Waals surface area (Å²) in [5, 5.41) is 11.4. The number of carboxylic acids is 1. The average Bonchev–Trinajstić information content (AvgIpc) is 3.09. The molecule has 2 fully saturated rings. The predicted octanol–water partition coefficient (Wildman–Crippen LogP) is 6.17. The number of hydrogen-bond donors (Lipinski definition) is 2. The summed E-state index contributed by atoms with van der Waals surface area (Å²) < 4.78 is 23.8. The zero-order chi connectivity index (χ0) is 34.0. The van der Waals surface area contributed by atoms with Crippen LogP contribution in [0.5, 0.6) is 0 Å². The van der Waals surface area contributed by atoms with E-state index in [2.05, 4.69) is 26.0 Å². The molecule has 0 bridgehead atoms. The molecule has 47 heavy (non-hydrogen) atoms. The number of carbonyl (C=O) groups is 4. The number of aliphatic imine (C=N–C) groups is 2. The number of alkyl carbamates (subject to hydrolysis) is 1. The Hall–Kier alpha value is -4.57. The van der Waals surface area contributed by atoms with Gasteiger partial charge in [0.05, 0.1) is 37.2 Å². The summed E-state index contributed by atoms with van der Waals surface area (Å²) in [6, 6.07) is 14.8. The van der Waals surface area contributed by atoms with Crippen molar-refractivity contribution >= 4 is 29.9 Å². The zero-order valence-electron chi connectivity index (χ0n) is 27.2. The number of carboxylic acid groups (broad SMARTS) is 1. The minimum atomic E-state index is -1.33. The highest BCUT2D eigenvalue weighted by Crippen LogP contribution is 2.21. The van der Waals surface area contributed by atoms with Crippen molar-refractivity contribution in [2.75, 3.05) is 14.2 Å². The summed E-state index contributed by atoms with van der Waals surface area (Å²) in [4.78, 5) is 57.9. The molecule has 12 heteroatoms. The second kappa shape index (κ2) is 19.8. The van der Waals surface area contributed by atoms with Gasteiger partial charge in [0.15, 0.2) is 0 Å². The van der Waals surface area contributed by atoms with Gasteiger partial charge >= 0.3 is 18.0 Å². The van der Waals surface area contributed by atoms with E-state index >= 15 is 0 Å². The molecule has 2 aromatic rings. The highest BCUT2D eigenvalue weighted by molar-refractivity contribution is 5.90. The Kier molecular flexibility index (Phi) is 15.6. The first-order chi connectivity index (χ1) is 22.7. The van der Waals surface area contributed by atoms with Crippen molar-refractivity contribution < 1.29 is 38.1 Å². The second-order valence-electron chi connectivity index (χ2n) is 11.8. The Morgan fingerprint density at radius 3 is 2.11 bits per heavy atom. The molecule has 2 aliphatic carbocycles. The summed E-state index contributed by atoms with van der Waals surface area (Å²) in [5.74, 6) is -3.41. The van der Waals surface area contributed by atoms with Crippen LogP contribution >= 0.6 is 0 Å². The van der Waals surface area contributed by atoms with Crippen LogP contribution in [0, 0.1) is 5.82 Å². The van der Waals surface area contributed by atoms with Crippen LogP contribution in [0.15, 0.2) is 58.5 Å². The van der Waals surface area contributed by atoms with Crippen molar-refractivity contribution in [1.82, 2.24) is 10.2 Å². The molecule has 0 aliphatic heterocycles. The third-order valence-corrected chi connectivity index (χ3v) is 8.11. The third-order valence-electron chi connectivity index (χ3n) is 8.11. The highest BCUT2D eigenvalue weighted by atomic mass is 19.1. The zero-order valence-corrected chi connectivity index (χ0v) is 27.2. The van der Waals surface area contributed by atoms with Crippen molar-refractivity contribution in [3.8, 4) is 0 Å². The smallest absolute Gasteiger partial charge is 0.408 e. The van der Waals surface area contributed by atoms with E-state index in [-0.39, 0.29) is 24.3 Å². The Balaban J connectivity index is 0.000000331. The number of ether oxygens (including phenoxy) is 2. The number of halogens is 1. The van der Waals surface area contributed by atoms with Gasteiger partial charge in [-0.2, -0.15) is 0 Å². The molecule has 0 saturated heterocycles. The van der Waals surface area contributed by atoms with Gasteiger partial charge in [-0.1, -0.05) is 68.9 Å². The molecule has 11 nitrogen and oxygen atoms in total. The van der Waals surface area contributed by atoms with Gasteiger partial charge < -0.3 is 24.8 Å². The molecule has 4 rings (SSSR count). The van der Waals surface area contributed by atoms with E-state index in [1.807, 2.05) is 0 Å². The van der Waals surface area contributed by atoms with E-state index < -0.39 is 42.2 Å². The molecule has 1 atom stereocenters. The maximum atomic E-state index is 14.1. The Bertz CT molecular complexity index is 1360. The first-order valence-corrected chi connectivity index (χ1v) is 16.1. The summed E-state index contributed by atoms with van der Waals surface area (Å²) in [6.45, 7) is -0.334. The molecule has 2 aromatic carbocycles. The van der Waals surface area contributed by atoms with Crippen molar-refractivity contribution in [2.45, 2.75) is 102 Å². The lowest BCUT2D eigenvalue weighted by atomic mass is 9.96. The van der Waals surface area contributed by atoms with Crippen LogP contribution < -0.4 is 5.32 Å². The molecule has 0 heterocycles. The maximum Gasteiger partial charge on any atom is 0.408 e. The lowest BCUT2D eigenvalue weighted by Gasteiger charge is -2.24. The van der Waals surface area contributed by atoms with E-state index in [9.17, 15) is 23.6 Å². The van der Waals surface area contributed by atoms with E-state index in [0.29, 0.717) is 12.1 Å². The van der Waals surface area contributed by atoms with Crippen molar-refractivity contribution in [3.63, 3.8) is 0 Å². The van der Waals surface area contributed by atoms with Crippen LogP contribution in [-0.4, -0.2) is 72.2 Å². The second-order valence-corrected chi connectivity index (χ2v) is 11.8. The van der Waals surface area contributed by atoms with Gasteiger partial charge in [0.1, 0.15) is 18.5 Å². The monoisotopic (exact) mass is 652 g/mol. The van der Waals surface area contributed by atoms with Gasteiger partial charge in [0, 0.05) is 19.2 Å². The minimum Gasteiger partial charge on any atom is -0.478 e. The fourth-order valence-corrected chi connectivity index (χ4v) is 5.40. The molecular weight excluding hydrogens is 607 g/mol. The van der Waals surface area contributed by atoms with E-state index in [4.69, 9.17) is 9.84 Å². The number of esters is 1. The van der Waals surface area contributed by atoms with Crippen molar-refractivity contribution in [3.05, 3.63) is 71.0 Å². The van der Waals surface area contributed by atoms with Crippen LogP contribution in [0.4, 0.5) is 9.18 Å². The molecule has 2 aliphatic rings. The number of amides is 2. The SMILES string of the molecule is C(=NC1CCCCC1)=NC1CCCCC1.COC(=O)C[C@H](NC(=O)OCc1ccccc1)C(=O)N(C)Cc1cc(C(=O)O)ccc1F. The molecule has 0 spiro atoms. The Morgan fingerprint density at radius 1 is 0.957 bits per heavy atom. The molecule has 0 aromatic heterocycles. The van der Waals surface area contributed by atoms with E-state index in [0.717, 1.165) is 35.8 Å². The van der Waals surface area contributed by atoms with Crippen LogP contribution in [0.25, 0.3) is 0 Å². The quantitative estimate of drug-likeness (QED) is 0.218. The summed E-state index contributed by atoms with van der Waals surface area (Å²) in [5.41, 5.74) is 0.546. The number of likely N-dealkylation sites (N-methyl/N-ethyl adjacent to an activating group) is 1. The van der Waals surface area contributed by atoms with Crippen LogP contribution in [0.3, 0.4) is 0 Å². The van der Waals surface area contributed by atoms with Gasteiger partial charge in [-0.05, 0) is 49.4 Å². The molecular formula is C35H45FN4O7. The van der Waals surface area contributed by atoms with Crippen molar-refractivity contribution in [1.29, 1.82) is 0 Å². The summed E-state index contributed by atoms with van der Waals surface area (Å²) in [7, 11) is 2.46. The molecule has 254 valence electrons. The Labute approximate surface area is 275 Å². The van der Waals surface area contributed by atoms with E-state index in [1.54, 1.807) is 30.3 Å². The Morgan fingerprint density at radius 2 is 1.55 bits per heavy atom. The lowest BCUT2D eigenvalue weighted by Crippen LogP contribution is -2.48. The predicted molar refractivity (Wildman–Crippen MR) is 174 cm³/mol. The fourth-order valence-electron chi connectivity index (χ4n) is 5.40. The number of aromatic carboxylic acids is 1. The first kappa shape index (κ1) is 36.9. The minimum absolute atomic E-state index is 0.0378. The molecule has 0 radical (unpaired) electrons. The molecule has 2 N–H and O–H groups in total. The van der Waals surface area contributed by atoms with Gasteiger partial charge in [0.2, 0.25) is 5.91 Å². The highest BCUT2D eigenvalue weighted by Gasteiger charge is 2.28. The van der Waals surface area contributed by atoms with E-state index in [1.165, 1.54) is 71.3 Å². The normalized spacial score (nSPS) is 15.5. The average molecular weight is 653 g/mol. The van der Waals surface area contributed by atoms with Crippen LogP contribution in [0.1, 0.15) is 92.1 Å². The number of methoxy groups -OCH3 is 1. The molecule has 2 saturated carbocycles. The maximum absolute atomic E-state index is 14.1. The van der Waals surface area contributed by atoms with Gasteiger partial charge in [-0.15, -0.1) is 0 Å². The number of nitrogens with one attached hydrogen (secondary N) is 1. The first-order valence-electron chi connectivity index (χ1n) is 16.1. The summed E-state index contributed by atoms with van der Waals surface area (Å²) in [6.07, 6.45) is 11.8. The fraction of sp³-hybridized carbons (Fsp3) is 0.514. The summed E-state index contributed by atoms with van der Waals surface area (Å²) >= 11 is 0. The van der Waals surface area contributed by atoms with Crippen LogP contribution in [0.2, 0.25) is 0 Å². The lowest BCUT2D eigenvalue weighted by molar-refractivity contribution is -0.144. The number of nitrogens with zero attached hydrogens (tertiary/aromatic N) is 3. The topological polar surface area (TPSA) is 147 Å². The standard InChI is InChI=1S/C22H23FN2O7.C13H22N2/c1-25(12-16-10-15(21(28)29)8-9-17(16)23)20(27)18(11-19(26)31-2)24-22(30)32-13-14-6-4-3-5-7-14;1-3-7-12(8-4-1)14-11-15-13-9-5-2-6-10-13/h3-10,18H,11-13H2,1-2H3,(H,24,30)(H,28,29);12-13H,1-10H2/t18-;/m0./s1. The molecule has 2 amide bonds.